The third-order valence-electron chi connectivity index (χ3n) is 4.05. The molecule has 1 aliphatic rings. The Balaban J connectivity index is 1.82. The molecular formula is C18H14N2O3. The number of nitrogens with one attached hydrogen (secondary N) is 1. The van der Waals surface area contributed by atoms with Crippen molar-refractivity contribution in [2.75, 3.05) is 16.8 Å². The Kier molecular flexibility index (Phi) is 2.94. The van der Waals surface area contributed by atoms with Crippen LogP contribution in [0.15, 0.2) is 52.9 Å². The first-order valence-electron chi connectivity index (χ1n) is 7.34. The van der Waals surface area contributed by atoms with Crippen molar-refractivity contribution < 1.29 is 14.0 Å². The fourth-order valence-electron chi connectivity index (χ4n) is 2.92. The normalized spacial score (nSPS) is 13.8. The van der Waals surface area contributed by atoms with E-state index < -0.39 is 0 Å². The highest BCUT2D eigenvalue weighted by Gasteiger charge is 2.30. The molecule has 0 saturated heterocycles. The van der Waals surface area contributed by atoms with Crippen LogP contribution in [0, 0.1) is 6.92 Å². The molecule has 1 aromatic heterocycles. The highest BCUT2D eigenvalue weighted by atomic mass is 16.3. The van der Waals surface area contributed by atoms with Crippen molar-refractivity contribution in [3.8, 4) is 0 Å². The van der Waals surface area contributed by atoms with E-state index in [1.807, 2.05) is 49.4 Å². The zero-order valence-electron chi connectivity index (χ0n) is 12.5. The Labute approximate surface area is 132 Å². The number of aryl methyl sites for hydroxylation is 1. The van der Waals surface area contributed by atoms with Crippen molar-refractivity contribution in [1.82, 2.24) is 0 Å². The van der Waals surface area contributed by atoms with Gasteiger partial charge < -0.3 is 9.73 Å². The van der Waals surface area contributed by atoms with Crippen molar-refractivity contribution in [1.29, 1.82) is 0 Å². The predicted octanol–water partition coefficient (Wildman–Crippen LogP) is 3.34. The van der Waals surface area contributed by atoms with E-state index in [9.17, 15) is 9.59 Å². The van der Waals surface area contributed by atoms with Gasteiger partial charge in [-0.25, -0.2) is 0 Å². The first-order chi connectivity index (χ1) is 11.1. The fourth-order valence-corrected chi connectivity index (χ4v) is 2.92. The minimum absolute atomic E-state index is 0.0215. The van der Waals surface area contributed by atoms with Gasteiger partial charge in [-0.05, 0) is 25.1 Å². The van der Waals surface area contributed by atoms with Gasteiger partial charge in [0.15, 0.2) is 5.76 Å². The summed E-state index contributed by atoms with van der Waals surface area (Å²) in [4.78, 5) is 26.3. The molecule has 114 valence electrons. The number of hydrogen-bond acceptors (Lipinski definition) is 3. The van der Waals surface area contributed by atoms with Crippen LogP contribution in [-0.2, 0) is 4.79 Å². The molecule has 0 unspecified atom stereocenters. The average Bonchev–Trinajstić information content (AvgIpc) is 2.91. The lowest BCUT2D eigenvalue weighted by molar-refractivity contribution is -0.115. The number of anilines is 2. The third kappa shape index (κ3) is 2.09. The second kappa shape index (κ2) is 4.98. The molecule has 1 aliphatic heterocycles. The van der Waals surface area contributed by atoms with E-state index in [4.69, 9.17) is 4.42 Å². The van der Waals surface area contributed by atoms with Crippen LogP contribution >= 0.6 is 0 Å². The van der Waals surface area contributed by atoms with Gasteiger partial charge in [-0.15, -0.1) is 0 Å². The van der Waals surface area contributed by atoms with Crippen LogP contribution in [0.1, 0.15) is 16.1 Å². The van der Waals surface area contributed by atoms with E-state index in [1.165, 1.54) is 4.90 Å². The summed E-state index contributed by atoms with van der Waals surface area (Å²) in [5.74, 6) is -0.248. The maximum Gasteiger partial charge on any atom is 0.294 e. The zero-order chi connectivity index (χ0) is 16.0. The average molecular weight is 306 g/mol. The van der Waals surface area contributed by atoms with E-state index >= 15 is 0 Å². The maximum atomic E-state index is 13.0. The van der Waals surface area contributed by atoms with Crippen molar-refractivity contribution in [2.24, 2.45) is 0 Å². The van der Waals surface area contributed by atoms with Crippen LogP contribution in [0.5, 0.6) is 0 Å². The lowest BCUT2D eigenvalue weighted by Gasteiger charge is -2.28. The van der Waals surface area contributed by atoms with Crippen LogP contribution in [0.4, 0.5) is 11.4 Å². The quantitative estimate of drug-likeness (QED) is 0.750. The molecule has 0 fully saturated rings. The summed E-state index contributed by atoms with van der Waals surface area (Å²) in [6.07, 6.45) is 0. The van der Waals surface area contributed by atoms with Crippen LogP contribution < -0.4 is 10.2 Å². The van der Waals surface area contributed by atoms with Gasteiger partial charge in [0.25, 0.3) is 5.91 Å². The Morgan fingerprint density at radius 3 is 2.70 bits per heavy atom. The molecule has 23 heavy (non-hydrogen) atoms. The Hall–Kier alpha value is -3.08. The SMILES string of the molecule is Cc1c(C(=O)N2CC(=O)Nc3ccccc32)oc2ccccc12. The Bertz CT molecular complexity index is 942. The lowest BCUT2D eigenvalue weighted by atomic mass is 10.1. The van der Waals surface area contributed by atoms with Crippen molar-refractivity contribution in [3.63, 3.8) is 0 Å². The summed E-state index contributed by atoms with van der Waals surface area (Å²) in [5.41, 5.74) is 2.76. The smallest absolute Gasteiger partial charge is 0.294 e. The van der Waals surface area contributed by atoms with Gasteiger partial charge in [0.05, 0.1) is 11.4 Å². The van der Waals surface area contributed by atoms with E-state index in [-0.39, 0.29) is 24.1 Å². The monoisotopic (exact) mass is 306 g/mol. The number of furan rings is 1. The highest BCUT2D eigenvalue weighted by molar-refractivity contribution is 6.15. The number of carbonyl (C=O) groups is 2. The molecule has 2 heterocycles. The number of hydrogen-bond donors (Lipinski definition) is 1. The predicted molar refractivity (Wildman–Crippen MR) is 87.7 cm³/mol. The molecule has 0 radical (unpaired) electrons. The largest absolute Gasteiger partial charge is 0.451 e. The molecular weight excluding hydrogens is 292 g/mol. The van der Waals surface area contributed by atoms with Crippen LogP contribution in [0.25, 0.3) is 11.0 Å². The topological polar surface area (TPSA) is 62.6 Å². The number of fused-ring (bicyclic) bond motifs is 2. The molecule has 2 amide bonds. The third-order valence-corrected chi connectivity index (χ3v) is 4.05. The standard InChI is InChI=1S/C18H14N2O3/c1-11-12-6-2-5-9-15(12)23-17(11)18(22)20-10-16(21)19-13-7-3-4-8-14(13)20/h2-9H,10H2,1H3,(H,19,21). The summed E-state index contributed by atoms with van der Waals surface area (Å²) < 4.78 is 5.74. The van der Waals surface area contributed by atoms with Gasteiger partial charge >= 0.3 is 0 Å². The summed E-state index contributed by atoms with van der Waals surface area (Å²) in [6.45, 7) is 1.83. The van der Waals surface area contributed by atoms with E-state index in [0.717, 1.165) is 10.9 Å². The van der Waals surface area contributed by atoms with Crippen molar-refractivity contribution >= 4 is 34.2 Å². The van der Waals surface area contributed by atoms with Gasteiger partial charge in [0.2, 0.25) is 5.91 Å². The highest BCUT2D eigenvalue weighted by Crippen LogP contribution is 2.32. The molecule has 4 rings (SSSR count). The minimum atomic E-state index is -0.305. The first-order valence-corrected chi connectivity index (χ1v) is 7.34. The molecule has 0 saturated carbocycles. The second-order valence-electron chi connectivity index (χ2n) is 5.51. The summed E-state index contributed by atoms with van der Waals surface area (Å²) in [6, 6.07) is 14.8. The van der Waals surface area contributed by atoms with Gasteiger partial charge in [0.1, 0.15) is 12.1 Å². The van der Waals surface area contributed by atoms with E-state index in [1.54, 1.807) is 6.07 Å². The lowest BCUT2D eigenvalue weighted by Crippen LogP contribution is -2.42. The Morgan fingerprint density at radius 2 is 1.87 bits per heavy atom. The zero-order valence-corrected chi connectivity index (χ0v) is 12.5. The second-order valence-corrected chi connectivity index (χ2v) is 5.51. The number of nitrogens with zero attached hydrogens (tertiary/aromatic N) is 1. The Morgan fingerprint density at radius 1 is 1.13 bits per heavy atom. The van der Waals surface area contributed by atoms with Gasteiger partial charge in [-0.1, -0.05) is 30.3 Å². The maximum absolute atomic E-state index is 13.0. The number of para-hydroxylation sites is 3. The van der Waals surface area contributed by atoms with Crippen molar-refractivity contribution in [3.05, 3.63) is 59.9 Å². The molecule has 1 N–H and O–H groups in total. The van der Waals surface area contributed by atoms with Crippen molar-refractivity contribution in [2.45, 2.75) is 6.92 Å². The minimum Gasteiger partial charge on any atom is -0.451 e. The molecule has 0 spiro atoms. The molecule has 5 heteroatoms. The number of carbonyl (C=O) groups excluding carboxylic acids is 2. The molecule has 0 atom stereocenters. The summed E-state index contributed by atoms with van der Waals surface area (Å²) >= 11 is 0. The van der Waals surface area contributed by atoms with Crippen LogP contribution in [0.3, 0.4) is 0 Å². The van der Waals surface area contributed by atoms with Gasteiger partial charge in [-0.2, -0.15) is 0 Å². The molecule has 5 nitrogen and oxygen atoms in total. The van der Waals surface area contributed by atoms with Crippen LogP contribution in [-0.4, -0.2) is 18.4 Å². The summed E-state index contributed by atoms with van der Waals surface area (Å²) in [7, 11) is 0. The molecule has 3 aromatic rings. The first kappa shape index (κ1) is 13.6. The van der Waals surface area contributed by atoms with Crippen LogP contribution in [0.2, 0.25) is 0 Å². The fraction of sp³-hybridized carbons (Fsp3) is 0.111. The number of amides is 2. The van der Waals surface area contributed by atoms with Gasteiger partial charge in [-0.3, -0.25) is 14.5 Å². The number of rotatable bonds is 1. The van der Waals surface area contributed by atoms with E-state index in [0.29, 0.717) is 17.0 Å². The van der Waals surface area contributed by atoms with E-state index in [2.05, 4.69) is 5.32 Å². The van der Waals surface area contributed by atoms with Gasteiger partial charge in [0, 0.05) is 10.9 Å². The molecule has 0 aliphatic carbocycles. The summed E-state index contributed by atoms with van der Waals surface area (Å²) in [5, 5.41) is 3.68. The molecule has 2 aromatic carbocycles. The number of benzene rings is 2. The molecule has 0 bridgehead atoms.